The number of aryl methyl sites for hydroxylation is 1. The standard InChI is InChI=1S/C19H25N3OS/c1-13(2)12-15-4-6-16(7-5-15)18(23)17-8-10-22(11-9-17)19-20-14(3)21-24-19/h4-7,13,17H,8-12H2,1-3H3. The Kier molecular flexibility index (Phi) is 5.29. The summed E-state index contributed by atoms with van der Waals surface area (Å²) < 4.78 is 4.24. The number of nitrogens with zero attached hydrogens (tertiary/aromatic N) is 3. The first-order chi connectivity index (χ1) is 11.5. The third kappa shape index (κ3) is 4.01. The molecule has 1 aliphatic rings. The van der Waals surface area contributed by atoms with E-state index in [4.69, 9.17) is 0 Å². The van der Waals surface area contributed by atoms with E-state index in [1.54, 1.807) is 0 Å². The predicted octanol–water partition coefficient (Wildman–Crippen LogP) is 4.14. The number of anilines is 1. The highest BCUT2D eigenvalue weighted by atomic mass is 32.1. The zero-order valence-electron chi connectivity index (χ0n) is 14.7. The Balaban J connectivity index is 1.58. The Bertz CT molecular complexity index is 685. The van der Waals surface area contributed by atoms with Crippen molar-refractivity contribution in [3.05, 3.63) is 41.2 Å². The summed E-state index contributed by atoms with van der Waals surface area (Å²) in [5.74, 6) is 1.89. The van der Waals surface area contributed by atoms with Crippen LogP contribution in [0.4, 0.5) is 5.13 Å². The minimum atomic E-state index is 0.131. The van der Waals surface area contributed by atoms with Gasteiger partial charge in [-0.3, -0.25) is 4.79 Å². The van der Waals surface area contributed by atoms with Gasteiger partial charge in [-0.1, -0.05) is 38.1 Å². The molecule has 2 heterocycles. The van der Waals surface area contributed by atoms with Gasteiger partial charge >= 0.3 is 0 Å². The highest BCUT2D eigenvalue weighted by molar-refractivity contribution is 7.09. The molecule has 0 N–H and O–H groups in total. The fourth-order valence-electron chi connectivity index (χ4n) is 3.26. The van der Waals surface area contributed by atoms with Crippen molar-refractivity contribution in [2.75, 3.05) is 18.0 Å². The fourth-order valence-corrected chi connectivity index (χ4v) is 3.99. The van der Waals surface area contributed by atoms with E-state index in [0.717, 1.165) is 48.9 Å². The number of ketones is 1. The van der Waals surface area contributed by atoms with Crippen molar-refractivity contribution in [2.45, 2.75) is 40.0 Å². The second kappa shape index (κ2) is 7.43. The second-order valence-electron chi connectivity index (χ2n) is 7.04. The maximum absolute atomic E-state index is 12.7. The molecule has 1 aliphatic heterocycles. The molecule has 0 saturated carbocycles. The minimum Gasteiger partial charge on any atom is -0.347 e. The average molecular weight is 343 g/mol. The van der Waals surface area contributed by atoms with Crippen molar-refractivity contribution in [3.8, 4) is 0 Å². The Labute approximate surface area is 148 Å². The molecule has 1 aromatic carbocycles. The van der Waals surface area contributed by atoms with Crippen LogP contribution in [0.15, 0.2) is 24.3 Å². The quantitative estimate of drug-likeness (QED) is 0.765. The van der Waals surface area contributed by atoms with Crippen LogP contribution in [0.5, 0.6) is 0 Å². The van der Waals surface area contributed by atoms with Crippen molar-refractivity contribution in [1.82, 2.24) is 9.36 Å². The first kappa shape index (κ1) is 17.1. The van der Waals surface area contributed by atoms with Crippen LogP contribution in [0, 0.1) is 18.8 Å². The predicted molar refractivity (Wildman–Crippen MR) is 98.9 cm³/mol. The summed E-state index contributed by atoms with van der Waals surface area (Å²) in [6.45, 7) is 8.12. The lowest BCUT2D eigenvalue weighted by Gasteiger charge is -2.30. The number of rotatable bonds is 5. The van der Waals surface area contributed by atoms with Crippen LogP contribution in [0.1, 0.15) is 48.4 Å². The van der Waals surface area contributed by atoms with E-state index in [9.17, 15) is 4.79 Å². The molecule has 4 nitrogen and oxygen atoms in total. The van der Waals surface area contributed by atoms with Crippen molar-refractivity contribution in [3.63, 3.8) is 0 Å². The van der Waals surface area contributed by atoms with Gasteiger partial charge in [0.25, 0.3) is 0 Å². The molecule has 0 radical (unpaired) electrons. The number of carbonyl (C=O) groups excluding carboxylic acids is 1. The number of piperidine rings is 1. The molecule has 0 spiro atoms. The third-order valence-electron chi connectivity index (χ3n) is 4.54. The molecule has 1 fully saturated rings. The molecule has 128 valence electrons. The molecule has 5 heteroatoms. The summed E-state index contributed by atoms with van der Waals surface area (Å²) in [5, 5.41) is 0.983. The molecule has 1 aromatic heterocycles. The Morgan fingerprint density at radius 2 is 1.92 bits per heavy atom. The molecule has 0 atom stereocenters. The monoisotopic (exact) mass is 343 g/mol. The zero-order chi connectivity index (χ0) is 17.1. The number of carbonyl (C=O) groups is 1. The van der Waals surface area contributed by atoms with Crippen LogP contribution >= 0.6 is 11.5 Å². The smallest absolute Gasteiger partial charge is 0.205 e. The summed E-state index contributed by atoms with van der Waals surface area (Å²) in [6.07, 6.45) is 2.85. The number of hydrogen-bond acceptors (Lipinski definition) is 5. The Morgan fingerprint density at radius 1 is 1.25 bits per heavy atom. The van der Waals surface area contributed by atoms with Crippen molar-refractivity contribution in [1.29, 1.82) is 0 Å². The van der Waals surface area contributed by atoms with Gasteiger partial charge in [0.1, 0.15) is 5.82 Å². The average Bonchev–Trinajstić information content (AvgIpc) is 3.01. The molecule has 24 heavy (non-hydrogen) atoms. The first-order valence-electron chi connectivity index (χ1n) is 8.71. The number of benzene rings is 1. The van der Waals surface area contributed by atoms with Crippen LogP contribution in [0.25, 0.3) is 0 Å². The van der Waals surface area contributed by atoms with Gasteiger partial charge < -0.3 is 4.90 Å². The van der Waals surface area contributed by atoms with Gasteiger partial charge in [-0.2, -0.15) is 4.37 Å². The fraction of sp³-hybridized carbons (Fsp3) is 0.526. The lowest BCUT2D eigenvalue weighted by Crippen LogP contribution is -2.36. The molecule has 1 saturated heterocycles. The zero-order valence-corrected chi connectivity index (χ0v) is 15.5. The van der Waals surface area contributed by atoms with Crippen LogP contribution < -0.4 is 4.90 Å². The summed E-state index contributed by atoms with van der Waals surface area (Å²) in [4.78, 5) is 19.4. The normalized spacial score (nSPS) is 15.9. The number of hydrogen-bond donors (Lipinski definition) is 0. The lowest BCUT2D eigenvalue weighted by atomic mass is 9.88. The highest BCUT2D eigenvalue weighted by Crippen LogP contribution is 2.27. The van der Waals surface area contributed by atoms with Crippen LogP contribution in [0.2, 0.25) is 0 Å². The van der Waals surface area contributed by atoms with Crippen LogP contribution in [-0.2, 0) is 6.42 Å². The van der Waals surface area contributed by atoms with Crippen LogP contribution in [0.3, 0.4) is 0 Å². The molecular weight excluding hydrogens is 318 g/mol. The van der Waals surface area contributed by atoms with E-state index in [-0.39, 0.29) is 5.92 Å². The van der Waals surface area contributed by atoms with Gasteiger partial charge in [0, 0.05) is 36.1 Å². The van der Waals surface area contributed by atoms with Crippen molar-refractivity contribution >= 4 is 22.4 Å². The Morgan fingerprint density at radius 3 is 2.46 bits per heavy atom. The van der Waals surface area contributed by atoms with Crippen molar-refractivity contribution in [2.24, 2.45) is 11.8 Å². The topological polar surface area (TPSA) is 46.1 Å². The van der Waals surface area contributed by atoms with Gasteiger partial charge in [0.2, 0.25) is 5.13 Å². The van der Waals surface area contributed by atoms with E-state index in [1.165, 1.54) is 17.1 Å². The van der Waals surface area contributed by atoms with Gasteiger partial charge in [0.15, 0.2) is 5.78 Å². The van der Waals surface area contributed by atoms with Gasteiger partial charge in [-0.05, 0) is 37.7 Å². The van der Waals surface area contributed by atoms with E-state index in [1.807, 2.05) is 19.1 Å². The van der Waals surface area contributed by atoms with Crippen LogP contribution in [-0.4, -0.2) is 28.2 Å². The summed E-state index contributed by atoms with van der Waals surface area (Å²) in [5.41, 5.74) is 2.16. The minimum absolute atomic E-state index is 0.131. The summed E-state index contributed by atoms with van der Waals surface area (Å²) in [6, 6.07) is 8.21. The largest absolute Gasteiger partial charge is 0.347 e. The molecule has 0 aliphatic carbocycles. The summed E-state index contributed by atoms with van der Waals surface area (Å²) in [7, 11) is 0. The van der Waals surface area contributed by atoms with E-state index >= 15 is 0 Å². The third-order valence-corrected chi connectivity index (χ3v) is 5.40. The first-order valence-corrected chi connectivity index (χ1v) is 9.48. The molecule has 0 bridgehead atoms. The van der Waals surface area contributed by atoms with Gasteiger partial charge in [-0.25, -0.2) is 4.98 Å². The molecule has 0 unspecified atom stereocenters. The van der Waals surface area contributed by atoms with E-state index in [2.05, 4.69) is 40.2 Å². The molecular formula is C19H25N3OS. The summed E-state index contributed by atoms with van der Waals surface area (Å²) >= 11 is 1.45. The maximum atomic E-state index is 12.7. The number of aromatic nitrogens is 2. The van der Waals surface area contributed by atoms with Crippen molar-refractivity contribution < 1.29 is 4.79 Å². The second-order valence-corrected chi connectivity index (χ2v) is 7.77. The molecule has 3 rings (SSSR count). The lowest BCUT2D eigenvalue weighted by molar-refractivity contribution is 0.0900. The number of Topliss-reactive ketones (excluding diaryl/α,β-unsaturated/α-hetero) is 1. The molecule has 0 amide bonds. The Hall–Kier alpha value is -1.75. The molecule has 2 aromatic rings. The van der Waals surface area contributed by atoms with Gasteiger partial charge in [-0.15, -0.1) is 0 Å². The van der Waals surface area contributed by atoms with E-state index in [0.29, 0.717) is 11.7 Å². The van der Waals surface area contributed by atoms with Gasteiger partial charge in [0.05, 0.1) is 0 Å². The SMILES string of the molecule is Cc1nsc(N2CCC(C(=O)c3ccc(CC(C)C)cc3)CC2)n1. The highest BCUT2D eigenvalue weighted by Gasteiger charge is 2.27. The maximum Gasteiger partial charge on any atom is 0.205 e. The van der Waals surface area contributed by atoms with E-state index < -0.39 is 0 Å².